The van der Waals surface area contributed by atoms with Crippen molar-refractivity contribution in [3.05, 3.63) is 99.9 Å². The Labute approximate surface area is 207 Å². The van der Waals surface area contributed by atoms with E-state index in [9.17, 15) is 28.0 Å². The van der Waals surface area contributed by atoms with Crippen molar-refractivity contribution in [2.45, 2.75) is 6.18 Å². The highest BCUT2D eigenvalue weighted by Gasteiger charge is 2.40. The molecule has 0 aliphatic heterocycles. The van der Waals surface area contributed by atoms with Crippen LogP contribution in [0.2, 0.25) is 0 Å². The average Bonchev–Trinajstić information content (AvgIpc) is 2.89. The summed E-state index contributed by atoms with van der Waals surface area (Å²) in [6.07, 6.45) is -3.78. The highest BCUT2D eigenvalue weighted by Crippen LogP contribution is 2.39. The normalized spacial score (nSPS) is 11.6. The van der Waals surface area contributed by atoms with Gasteiger partial charge in [0.1, 0.15) is 34.5 Å². The van der Waals surface area contributed by atoms with Crippen LogP contribution in [0.25, 0.3) is 17.0 Å². The third-order valence-corrected chi connectivity index (χ3v) is 5.02. The van der Waals surface area contributed by atoms with Gasteiger partial charge in [0.05, 0.1) is 12.5 Å². The Morgan fingerprint density at radius 3 is 2.24 bits per heavy atom. The molecule has 0 aliphatic rings. The molecule has 0 atom stereocenters. The Hall–Kier alpha value is -5.04. The van der Waals surface area contributed by atoms with E-state index in [1.807, 2.05) is 0 Å². The van der Waals surface area contributed by atoms with Crippen molar-refractivity contribution in [1.29, 1.82) is 5.26 Å². The quantitative estimate of drug-likeness (QED) is 0.134. The molecule has 4 rings (SSSR count). The summed E-state index contributed by atoms with van der Waals surface area (Å²) in [7, 11) is 1.42. The van der Waals surface area contributed by atoms with Gasteiger partial charge >= 0.3 is 12.1 Å². The number of methoxy groups -OCH3 is 1. The van der Waals surface area contributed by atoms with Crippen LogP contribution in [0.1, 0.15) is 11.3 Å². The number of rotatable bonds is 6. The minimum atomic E-state index is -5.08. The molecule has 0 unspecified atom stereocenters. The molecule has 3 aromatic carbocycles. The van der Waals surface area contributed by atoms with Crippen molar-refractivity contribution in [2.24, 2.45) is 0 Å². The number of nitrogens with zero attached hydrogens (tertiary/aromatic N) is 1. The van der Waals surface area contributed by atoms with E-state index in [0.29, 0.717) is 11.3 Å². The average molecular weight is 507 g/mol. The lowest BCUT2D eigenvalue weighted by Gasteiger charge is -2.14. The van der Waals surface area contributed by atoms with E-state index in [1.54, 1.807) is 36.4 Å². The van der Waals surface area contributed by atoms with E-state index in [1.165, 1.54) is 43.5 Å². The number of ether oxygens (including phenoxy) is 3. The van der Waals surface area contributed by atoms with E-state index in [4.69, 9.17) is 18.6 Å². The van der Waals surface area contributed by atoms with Crippen molar-refractivity contribution in [3.63, 3.8) is 0 Å². The molecule has 0 radical (unpaired) electrons. The SMILES string of the molecule is COc1ccc(Oc2c(C(F)(F)F)oc3cc(OC(=O)C(C#N)=Cc4ccccc4)ccc3c2=O)cc1. The maximum Gasteiger partial charge on any atom is 0.453 e. The molecule has 0 saturated carbocycles. The molecule has 0 saturated heterocycles. The molecule has 0 fully saturated rings. The van der Waals surface area contributed by atoms with Crippen molar-refractivity contribution in [1.82, 2.24) is 0 Å². The van der Waals surface area contributed by atoms with E-state index >= 15 is 0 Å². The minimum absolute atomic E-state index is 0.0438. The lowest BCUT2D eigenvalue weighted by Crippen LogP contribution is -2.16. The second-order valence-corrected chi connectivity index (χ2v) is 7.49. The Morgan fingerprint density at radius 1 is 0.973 bits per heavy atom. The second kappa shape index (κ2) is 10.3. The Bertz CT molecular complexity index is 1580. The van der Waals surface area contributed by atoms with E-state index < -0.39 is 34.7 Å². The summed E-state index contributed by atoms with van der Waals surface area (Å²) in [4.78, 5) is 25.4. The molecule has 10 heteroatoms. The Balaban J connectivity index is 1.70. The summed E-state index contributed by atoms with van der Waals surface area (Å²) in [5.41, 5.74) is -1.34. The molecule has 0 spiro atoms. The smallest absolute Gasteiger partial charge is 0.453 e. The third-order valence-electron chi connectivity index (χ3n) is 5.02. The number of hydrogen-bond acceptors (Lipinski definition) is 7. The topological polar surface area (TPSA) is 98.8 Å². The van der Waals surface area contributed by atoms with Gasteiger partial charge in [0.15, 0.2) is 0 Å². The van der Waals surface area contributed by atoms with Crippen molar-refractivity contribution in [2.75, 3.05) is 7.11 Å². The maximum atomic E-state index is 13.8. The van der Waals surface area contributed by atoms with Crippen LogP contribution in [-0.4, -0.2) is 13.1 Å². The number of halogens is 3. The monoisotopic (exact) mass is 507 g/mol. The van der Waals surface area contributed by atoms with Crippen LogP contribution in [0.15, 0.2) is 87.6 Å². The van der Waals surface area contributed by atoms with Gasteiger partial charge in [0.2, 0.25) is 11.2 Å². The predicted molar refractivity (Wildman–Crippen MR) is 126 cm³/mol. The molecule has 0 aliphatic carbocycles. The number of hydrogen-bond donors (Lipinski definition) is 0. The first-order chi connectivity index (χ1) is 17.7. The fourth-order valence-corrected chi connectivity index (χ4v) is 3.28. The molecule has 186 valence electrons. The number of carbonyl (C=O) groups is 1. The molecule has 0 amide bonds. The molecular formula is C27H16F3NO6. The number of alkyl halides is 3. The van der Waals surface area contributed by atoms with Crippen LogP contribution in [0.5, 0.6) is 23.0 Å². The van der Waals surface area contributed by atoms with Crippen LogP contribution >= 0.6 is 0 Å². The van der Waals surface area contributed by atoms with Crippen LogP contribution in [-0.2, 0) is 11.0 Å². The summed E-state index contributed by atoms with van der Waals surface area (Å²) in [6, 6.07) is 19.1. The molecule has 4 aromatic rings. The zero-order valence-corrected chi connectivity index (χ0v) is 19.0. The van der Waals surface area contributed by atoms with E-state index in [-0.39, 0.29) is 22.5 Å². The lowest BCUT2D eigenvalue weighted by atomic mass is 10.1. The largest absolute Gasteiger partial charge is 0.497 e. The molecule has 0 N–H and O–H groups in total. The molecule has 1 aromatic heterocycles. The number of carbonyl (C=O) groups excluding carboxylic acids is 1. The summed E-state index contributed by atoms with van der Waals surface area (Å²) in [5.74, 6) is -3.58. The molecule has 0 bridgehead atoms. The van der Waals surface area contributed by atoms with Gasteiger partial charge in [0, 0.05) is 6.07 Å². The second-order valence-electron chi connectivity index (χ2n) is 7.49. The summed E-state index contributed by atoms with van der Waals surface area (Å²) < 4.78 is 61.8. The van der Waals surface area contributed by atoms with Gasteiger partial charge in [-0.1, -0.05) is 30.3 Å². The zero-order chi connectivity index (χ0) is 26.6. The highest BCUT2D eigenvalue weighted by atomic mass is 19.4. The van der Waals surface area contributed by atoms with Crippen molar-refractivity contribution >= 4 is 23.0 Å². The van der Waals surface area contributed by atoms with Gasteiger partial charge < -0.3 is 18.6 Å². The maximum absolute atomic E-state index is 13.8. The van der Waals surface area contributed by atoms with E-state index in [2.05, 4.69) is 0 Å². The fourth-order valence-electron chi connectivity index (χ4n) is 3.28. The highest BCUT2D eigenvalue weighted by molar-refractivity contribution is 5.99. The molecule has 7 nitrogen and oxygen atoms in total. The Morgan fingerprint density at radius 2 is 1.62 bits per heavy atom. The van der Waals surface area contributed by atoms with Gasteiger partial charge in [-0.25, -0.2) is 4.79 Å². The van der Waals surface area contributed by atoms with Gasteiger partial charge in [-0.3, -0.25) is 4.79 Å². The number of esters is 1. The number of benzene rings is 3. The molecule has 1 heterocycles. The first-order valence-electron chi connectivity index (χ1n) is 10.6. The van der Waals surface area contributed by atoms with Gasteiger partial charge in [-0.05, 0) is 48.0 Å². The fraction of sp³-hybridized carbons (Fsp3) is 0.0741. The summed E-state index contributed by atoms with van der Waals surface area (Å²) in [6.45, 7) is 0. The van der Waals surface area contributed by atoms with Crippen molar-refractivity contribution < 1.29 is 36.6 Å². The van der Waals surface area contributed by atoms with E-state index in [0.717, 1.165) is 12.1 Å². The van der Waals surface area contributed by atoms with Crippen LogP contribution in [0.4, 0.5) is 13.2 Å². The van der Waals surface area contributed by atoms with Gasteiger partial charge in [-0.2, -0.15) is 18.4 Å². The first kappa shape index (κ1) is 25.1. The van der Waals surface area contributed by atoms with Gasteiger partial charge in [0.25, 0.3) is 5.76 Å². The van der Waals surface area contributed by atoms with Crippen LogP contribution in [0, 0.1) is 11.3 Å². The Kier molecular flexibility index (Phi) is 6.97. The van der Waals surface area contributed by atoms with Crippen molar-refractivity contribution in [3.8, 4) is 29.1 Å². The minimum Gasteiger partial charge on any atom is -0.497 e. The first-order valence-corrected chi connectivity index (χ1v) is 10.6. The number of fused-ring (bicyclic) bond motifs is 1. The zero-order valence-electron chi connectivity index (χ0n) is 19.0. The predicted octanol–water partition coefficient (Wildman–Crippen LogP) is 6.13. The van der Waals surface area contributed by atoms with Crippen LogP contribution < -0.4 is 19.6 Å². The molecule has 37 heavy (non-hydrogen) atoms. The standard InChI is InChI=1S/C27H16F3NO6/c1-34-18-7-9-19(10-8-18)35-24-23(32)21-12-11-20(14-22(21)37-25(24)27(28,29)30)36-26(33)17(15-31)13-16-5-3-2-4-6-16/h2-14H,1H3. The van der Waals surface area contributed by atoms with Gasteiger partial charge in [-0.15, -0.1) is 0 Å². The van der Waals surface area contributed by atoms with Crippen LogP contribution in [0.3, 0.4) is 0 Å². The summed E-state index contributed by atoms with van der Waals surface area (Å²) in [5, 5.41) is 9.09. The molecular weight excluding hydrogens is 491 g/mol. The third kappa shape index (κ3) is 5.62. The lowest BCUT2D eigenvalue weighted by molar-refractivity contribution is -0.154. The summed E-state index contributed by atoms with van der Waals surface area (Å²) >= 11 is 0. The number of nitriles is 1.